The lowest BCUT2D eigenvalue weighted by atomic mass is 9.91. The van der Waals surface area contributed by atoms with E-state index in [1.165, 1.54) is 30.5 Å². The number of benzene rings is 1. The van der Waals surface area contributed by atoms with Gasteiger partial charge in [-0.05, 0) is 50.2 Å². The van der Waals surface area contributed by atoms with E-state index < -0.39 is 35.2 Å². The summed E-state index contributed by atoms with van der Waals surface area (Å²) in [4.78, 5) is 19.8. The van der Waals surface area contributed by atoms with Crippen molar-refractivity contribution >= 4 is 28.8 Å². The Kier molecular flexibility index (Phi) is 6.39. The van der Waals surface area contributed by atoms with Gasteiger partial charge in [-0.15, -0.1) is 0 Å². The molecule has 0 aliphatic heterocycles. The highest BCUT2D eigenvalue weighted by atomic mass is 35.5. The molecule has 0 aliphatic carbocycles. The van der Waals surface area contributed by atoms with Crippen molar-refractivity contribution in [2.45, 2.75) is 26.2 Å². The topological polar surface area (TPSA) is 72.2 Å². The molecule has 37 heavy (non-hydrogen) atoms. The van der Waals surface area contributed by atoms with Crippen LogP contribution in [-0.4, -0.2) is 31.7 Å². The highest BCUT2D eigenvalue weighted by molar-refractivity contribution is 6.34. The fourth-order valence-electron chi connectivity index (χ4n) is 3.24. The summed E-state index contributed by atoms with van der Waals surface area (Å²) >= 11 is 5.94. The van der Waals surface area contributed by atoms with Crippen LogP contribution in [0.2, 0.25) is 5.02 Å². The Hall–Kier alpha value is -3.74. The second kappa shape index (κ2) is 8.98. The summed E-state index contributed by atoms with van der Waals surface area (Å²) < 4.78 is 95.6. The van der Waals surface area contributed by atoms with E-state index in [1.54, 1.807) is 0 Å². The van der Waals surface area contributed by atoms with Crippen molar-refractivity contribution in [3.05, 3.63) is 65.3 Å². The van der Waals surface area contributed by atoms with Crippen molar-refractivity contribution in [3.63, 3.8) is 0 Å². The third-order valence-electron chi connectivity index (χ3n) is 5.53. The van der Waals surface area contributed by atoms with Crippen LogP contribution in [0.3, 0.4) is 0 Å². The smallest absolute Gasteiger partial charge is 0.324 e. The number of nitrogens with zero attached hydrogens (tertiary/aromatic N) is 4. The predicted molar refractivity (Wildman–Crippen MR) is 120 cm³/mol. The van der Waals surface area contributed by atoms with E-state index in [9.17, 15) is 35.5 Å². The lowest BCUT2D eigenvalue weighted by molar-refractivity contribution is -0.208. The normalized spacial score (nSPS) is 12.7. The molecule has 0 spiro atoms. The molecule has 194 valence electrons. The number of carbonyl (C=O) groups is 1. The lowest BCUT2D eigenvalue weighted by Gasteiger charge is -2.26. The summed E-state index contributed by atoms with van der Waals surface area (Å²) in [6, 6.07) is 6.93. The standard InChI is InChI=1S/C23H15ClF7N5O/c1-21(2,23(29,30)31)20(37)34-16-8-12(14(25)9-13(16)24)17-10-36-18(33-17)6-5-15(35-36)11-4-3-7-32-19(11)22(26,27)28/h3-10H,1-2H3,(H,34,37). The van der Waals surface area contributed by atoms with Gasteiger partial charge in [0.15, 0.2) is 11.3 Å². The summed E-state index contributed by atoms with van der Waals surface area (Å²) in [5.41, 5.74) is -4.76. The molecule has 0 saturated heterocycles. The first-order valence-electron chi connectivity index (χ1n) is 10.4. The van der Waals surface area contributed by atoms with Crippen LogP contribution in [0.4, 0.5) is 36.4 Å². The highest BCUT2D eigenvalue weighted by Crippen LogP contribution is 2.40. The maximum atomic E-state index is 14.8. The predicted octanol–water partition coefficient (Wildman–Crippen LogP) is 6.80. The van der Waals surface area contributed by atoms with Gasteiger partial charge in [0.05, 0.1) is 28.3 Å². The molecule has 1 amide bonds. The third kappa shape index (κ3) is 4.95. The van der Waals surface area contributed by atoms with Crippen LogP contribution in [0.1, 0.15) is 19.5 Å². The zero-order chi connectivity index (χ0) is 27.3. The van der Waals surface area contributed by atoms with E-state index in [4.69, 9.17) is 11.6 Å². The summed E-state index contributed by atoms with van der Waals surface area (Å²) in [6.07, 6.45) is -7.39. The molecule has 14 heteroatoms. The fourth-order valence-corrected chi connectivity index (χ4v) is 3.44. The van der Waals surface area contributed by atoms with Crippen LogP contribution in [-0.2, 0) is 11.0 Å². The zero-order valence-corrected chi connectivity index (χ0v) is 19.6. The van der Waals surface area contributed by atoms with E-state index >= 15 is 0 Å². The molecule has 0 fully saturated rings. The van der Waals surface area contributed by atoms with Crippen LogP contribution in [0.25, 0.3) is 28.2 Å². The molecule has 0 radical (unpaired) electrons. The fraction of sp³-hybridized carbons (Fsp3) is 0.217. The highest BCUT2D eigenvalue weighted by Gasteiger charge is 2.53. The van der Waals surface area contributed by atoms with E-state index in [-0.39, 0.29) is 38.9 Å². The van der Waals surface area contributed by atoms with Crippen LogP contribution in [0.5, 0.6) is 0 Å². The van der Waals surface area contributed by atoms with Crippen molar-refractivity contribution in [2.75, 3.05) is 5.32 Å². The molecule has 0 saturated carbocycles. The van der Waals surface area contributed by atoms with Crippen LogP contribution in [0, 0.1) is 11.2 Å². The van der Waals surface area contributed by atoms with E-state index in [1.807, 2.05) is 0 Å². The monoisotopic (exact) mass is 545 g/mol. The zero-order valence-electron chi connectivity index (χ0n) is 18.8. The van der Waals surface area contributed by atoms with Gasteiger partial charge in [0.2, 0.25) is 5.91 Å². The average Bonchev–Trinajstić information content (AvgIpc) is 3.22. The first-order valence-corrected chi connectivity index (χ1v) is 10.7. The molecule has 4 rings (SSSR count). The number of hydrogen-bond acceptors (Lipinski definition) is 4. The number of halogens is 8. The van der Waals surface area contributed by atoms with Gasteiger partial charge in [-0.25, -0.2) is 13.9 Å². The Morgan fingerprint density at radius 1 is 1.00 bits per heavy atom. The van der Waals surface area contributed by atoms with Crippen molar-refractivity contribution < 1.29 is 35.5 Å². The number of nitrogens with one attached hydrogen (secondary N) is 1. The molecule has 0 unspecified atom stereocenters. The van der Waals surface area contributed by atoms with Crippen LogP contribution >= 0.6 is 11.6 Å². The molecule has 4 aromatic rings. The Morgan fingerprint density at radius 2 is 1.70 bits per heavy atom. The molecule has 6 nitrogen and oxygen atoms in total. The van der Waals surface area contributed by atoms with E-state index in [0.717, 1.165) is 22.8 Å². The molecule has 0 aliphatic rings. The molecule has 1 N–H and O–H groups in total. The van der Waals surface area contributed by atoms with Gasteiger partial charge in [-0.1, -0.05) is 11.6 Å². The van der Waals surface area contributed by atoms with Crippen LogP contribution in [0.15, 0.2) is 48.8 Å². The van der Waals surface area contributed by atoms with Gasteiger partial charge in [0, 0.05) is 17.3 Å². The van der Waals surface area contributed by atoms with Crippen molar-refractivity contribution in [3.8, 4) is 22.5 Å². The van der Waals surface area contributed by atoms with E-state index in [0.29, 0.717) is 13.8 Å². The summed E-state index contributed by atoms with van der Waals surface area (Å²) in [6.45, 7) is 1.36. The Bertz CT molecular complexity index is 1510. The molecule has 3 heterocycles. The molecular weight excluding hydrogens is 531 g/mol. The first-order chi connectivity index (χ1) is 17.1. The molecule has 1 aromatic carbocycles. The molecule has 3 aromatic heterocycles. The minimum Gasteiger partial charge on any atom is -0.324 e. The second-order valence-electron chi connectivity index (χ2n) is 8.43. The van der Waals surface area contributed by atoms with Crippen LogP contribution < -0.4 is 5.32 Å². The van der Waals surface area contributed by atoms with Gasteiger partial charge in [0.25, 0.3) is 0 Å². The average molecular weight is 546 g/mol. The largest absolute Gasteiger partial charge is 0.434 e. The van der Waals surface area contributed by atoms with Crippen molar-refractivity contribution in [1.82, 2.24) is 19.6 Å². The second-order valence-corrected chi connectivity index (χ2v) is 8.84. The Morgan fingerprint density at radius 3 is 2.35 bits per heavy atom. The summed E-state index contributed by atoms with van der Waals surface area (Å²) in [5, 5.41) is 5.82. The first kappa shape index (κ1) is 26.3. The molecule has 0 bridgehead atoms. The van der Waals surface area contributed by atoms with E-state index in [2.05, 4.69) is 20.4 Å². The van der Waals surface area contributed by atoms with Gasteiger partial charge in [0.1, 0.15) is 11.2 Å². The SMILES string of the molecule is CC(C)(C(=O)Nc1cc(-c2cn3nc(-c4cccnc4C(F)(F)F)ccc3n2)c(F)cc1Cl)C(F)(F)F. The number of pyridine rings is 1. The molecular formula is C23H15ClF7N5O. The quantitative estimate of drug-likeness (QED) is 0.286. The number of alkyl halides is 6. The maximum Gasteiger partial charge on any atom is 0.434 e. The third-order valence-corrected chi connectivity index (χ3v) is 5.84. The van der Waals surface area contributed by atoms with Gasteiger partial charge in [-0.2, -0.15) is 31.4 Å². The lowest BCUT2D eigenvalue weighted by Crippen LogP contribution is -2.43. The van der Waals surface area contributed by atoms with Gasteiger partial charge >= 0.3 is 12.4 Å². The Labute approximate surface area is 209 Å². The van der Waals surface area contributed by atoms with Crippen molar-refractivity contribution in [1.29, 1.82) is 0 Å². The number of rotatable bonds is 4. The Balaban J connectivity index is 1.74. The number of fused-ring (bicyclic) bond motifs is 1. The maximum absolute atomic E-state index is 14.8. The number of carbonyl (C=O) groups excluding carboxylic acids is 1. The van der Waals surface area contributed by atoms with Crippen molar-refractivity contribution in [2.24, 2.45) is 5.41 Å². The minimum atomic E-state index is -4.86. The number of hydrogen-bond donors (Lipinski definition) is 1. The van der Waals surface area contributed by atoms with Gasteiger partial charge in [-0.3, -0.25) is 9.78 Å². The summed E-state index contributed by atoms with van der Waals surface area (Å²) in [5.74, 6) is -2.33. The number of aromatic nitrogens is 4. The number of imidazole rings is 1. The van der Waals surface area contributed by atoms with Gasteiger partial charge < -0.3 is 5.32 Å². The minimum absolute atomic E-state index is 0.0633. The molecule has 0 atom stereocenters. The summed E-state index contributed by atoms with van der Waals surface area (Å²) in [7, 11) is 0. The number of anilines is 1. The number of amides is 1.